The van der Waals surface area contributed by atoms with Gasteiger partial charge in [0.25, 0.3) is 0 Å². The molecule has 0 heterocycles. The summed E-state index contributed by atoms with van der Waals surface area (Å²) in [7, 11) is 0. The highest BCUT2D eigenvalue weighted by Gasteiger charge is 2.28. The minimum Gasteiger partial charge on any atom is -0.396 e. The Bertz CT molecular complexity index is 466. The van der Waals surface area contributed by atoms with Gasteiger partial charge >= 0.3 is 0 Å². The molecule has 1 fully saturated rings. The third kappa shape index (κ3) is 4.31. The standard InChI is InChI=1S/C15H19BrN2O/c16-15-9-12(10-17)3-4-13(15)11-18(14-5-6-14)7-1-2-8-19/h3-4,9,14,19H,1-2,5-8,11H2. The van der Waals surface area contributed by atoms with Gasteiger partial charge in [-0.05, 0) is 49.9 Å². The van der Waals surface area contributed by atoms with Gasteiger partial charge < -0.3 is 5.11 Å². The zero-order valence-corrected chi connectivity index (χ0v) is 12.6. The van der Waals surface area contributed by atoms with E-state index in [-0.39, 0.29) is 6.61 Å². The van der Waals surface area contributed by atoms with E-state index in [1.165, 1.54) is 18.4 Å². The second-order valence-electron chi connectivity index (χ2n) is 5.05. The largest absolute Gasteiger partial charge is 0.396 e. The minimum absolute atomic E-state index is 0.277. The molecule has 1 aromatic rings. The van der Waals surface area contributed by atoms with E-state index in [1.807, 2.05) is 18.2 Å². The highest BCUT2D eigenvalue weighted by atomic mass is 79.9. The zero-order chi connectivity index (χ0) is 13.7. The maximum absolute atomic E-state index is 8.87. The van der Waals surface area contributed by atoms with Crippen molar-refractivity contribution in [3.05, 3.63) is 33.8 Å². The first-order valence-corrected chi connectivity index (χ1v) is 7.57. The molecular weight excluding hydrogens is 304 g/mol. The number of aliphatic hydroxyl groups is 1. The Morgan fingerprint density at radius 1 is 1.37 bits per heavy atom. The summed E-state index contributed by atoms with van der Waals surface area (Å²) >= 11 is 3.55. The predicted molar refractivity (Wildman–Crippen MR) is 78.6 cm³/mol. The lowest BCUT2D eigenvalue weighted by molar-refractivity contribution is 0.228. The van der Waals surface area contributed by atoms with E-state index >= 15 is 0 Å². The molecule has 0 aliphatic heterocycles. The lowest BCUT2D eigenvalue weighted by atomic mass is 10.1. The van der Waals surface area contributed by atoms with Crippen molar-refractivity contribution in [1.29, 1.82) is 5.26 Å². The first kappa shape index (κ1) is 14.5. The molecule has 1 N–H and O–H groups in total. The first-order chi connectivity index (χ1) is 9.24. The number of hydrogen-bond acceptors (Lipinski definition) is 3. The second kappa shape index (κ2) is 7.04. The average molecular weight is 323 g/mol. The molecular formula is C15H19BrN2O. The number of nitriles is 1. The van der Waals surface area contributed by atoms with E-state index < -0.39 is 0 Å². The van der Waals surface area contributed by atoms with Crippen LogP contribution in [0.15, 0.2) is 22.7 Å². The number of nitrogens with zero attached hydrogens (tertiary/aromatic N) is 2. The number of aliphatic hydroxyl groups excluding tert-OH is 1. The van der Waals surface area contributed by atoms with Crippen LogP contribution >= 0.6 is 15.9 Å². The SMILES string of the molecule is N#Cc1ccc(CN(CCCCO)C2CC2)c(Br)c1. The van der Waals surface area contributed by atoms with Crippen molar-refractivity contribution in [2.75, 3.05) is 13.2 Å². The Balaban J connectivity index is 1.98. The molecule has 19 heavy (non-hydrogen) atoms. The number of hydrogen-bond donors (Lipinski definition) is 1. The summed E-state index contributed by atoms with van der Waals surface area (Å²) in [6.45, 7) is 2.24. The van der Waals surface area contributed by atoms with Gasteiger partial charge in [0, 0.05) is 23.7 Å². The van der Waals surface area contributed by atoms with Crippen LogP contribution in [0.2, 0.25) is 0 Å². The zero-order valence-electron chi connectivity index (χ0n) is 11.0. The molecule has 0 amide bonds. The van der Waals surface area contributed by atoms with Gasteiger partial charge in [0.15, 0.2) is 0 Å². The number of halogens is 1. The summed E-state index contributed by atoms with van der Waals surface area (Å²) < 4.78 is 1.01. The smallest absolute Gasteiger partial charge is 0.0992 e. The van der Waals surface area contributed by atoms with E-state index in [4.69, 9.17) is 10.4 Å². The van der Waals surface area contributed by atoms with Gasteiger partial charge in [0.05, 0.1) is 11.6 Å². The van der Waals surface area contributed by atoms with Gasteiger partial charge in [-0.3, -0.25) is 4.90 Å². The van der Waals surface area contributed by atoms with E-state index in [1.54, 1.807) is 0 Å². The second-order valence-corrected chi connectivity index (χ2v) is 5.90. The van der Waals surface area contributed by atoms with Crippen molar-refractivity contribution >= 4 is 15.9 Å². The molecule has 3 nitrogen and oxygen atoms in total. The molecule has 4 heteroatoms. The summed E-state index contributed by atoms with van der Waals surface area (Å²) in [5.74, 6) is 0. The van der Waals surface area contributed by atoms with Gasteiger partial charge in [0.2, 0.25) is 0 Å². The van der Waals surface area contributed by atoms with Crippen molar-refractivity contribution in [3.63, 3.8) is 0 Å². The highest BCUT2D eigenvalue weighted by Crippen LogP contribution is 2.30. The normalized spacial score (nSPS) is 14.6. The lowest BCUT2D eigenvalue weighted by Gasteiger charge is -2.22. The molecule has 1 saturated carbocycles. The Morgan fingerprint density at radius 3 is 2.74 bits per heavy atom. The molecule has 0 bridgehead atoms. The third-order valence-corrected chi connectivity index (χ3v) is 4.21. The molecule has 0 atom stereocenters. The number of unbranched alkanes of at least 4 members (excludes halogenated alkanes) is 1. The van der Waals surface area contributed by atoms with Crippen molar-refractivity contribution in [1.82, 2.24) is 4.90 Å². The Kier molecular flexibility index (Phi) is 5.38. The fourth-order valence-corrected chi connectivity index (χ4v) is 2.73. The molecule has 0 radical (unpaired) electrons. The topological polar surface area (TPSA) is 47.3 Å². The average Bonchev–Trinajstić information content (AvgIpc) is 3.24. The van der Waals surface area contributed by atoms with E-state index in [2.05, 4.69) is 26.9 Å². The molecule has 0 saturated heterocycles. The Hall–Kier alpha value is -0.890. The fourth-order valence-electron chi connectivity index (χ4n) is 2.22. The van der Waals surface area contributed by atoms with Crippen LogP contribution in [0.4, 0.5) is 0 Å². The maximum atomic E-state index is 8.87. The van der Waals surface area contributed by atoms with E-state index in [0.717, 1.165) is 30.4 Å². The molecule has 102 valence electrons. The highest BCUT2D eigenvalue weighted by molar-refractivity contribution is 9.10. The lowest BCUT2D eigenvalue weighted by Crippen LogP contribution is -2.27. The monoisotopic (exact) mass is 322 g/mol. The van der Waals surface area contributed by atoms with E-state index in [9.17, 15) is 0 Å². The summed E-state index contributed by atoms with van der Waals surface area (Å²) in [6, 6.07) is 8.65. The first-order valence-electron chi connectivity index (χ1n) is 6.78. The number of benzene rings is 1. The van der Waals surface area contributed by atoms with Crippen LogP contribution in [0.3, 0.4) is 0 Å². The third-order valence-electron chi connectivity index (χ3n) is 3.47. The van der Waals surface area contributed by atoms with Gasteiger partial charge in [-0.25, -0.2) is 0 Å². The van der Waals surface area contributed by atoms with Crippen LogP contribution in [-0.4, -0.2) is 29.2 Å². The summed E-state index contributed by atoms with van der Waals surface area (Å²) in [4.78, 5) is 2.49. The maximum Gasteiger partial charge on any atom is 0.0992 e. The van der Waals surface area contributed by atoms with Crippen LogP contribution in [0.5, 0.6) is 0 Å². The number of rotatable bonds is 7. The van der Waals surface area contributed by atoms with Crippen molar-refractivity contribution in [3.8, 4) is 6.07 Å². The van der Waals surface area contributed by atoms with Crippen molar-refractivity contribution in [2.24, 2.45) is 0 Å². The van der Waals surface area contributed by atoms with Crippen LogP contribution in [-0.2, 0) is 6.54 Å². The summed E-state index contributed by atoms with van der Waals surface area (Å²) in [5, 5.41) is 17.7. The van der Waals surface area contributed by atoms with Crippen LogP contribution in [0, 0.1) is 11.3 Å². The van der Waals surface area contributed by atoms with Gasteiger partial charge in [0.1, 0.15) is 0 Å². The van der Waals surface area contributed by atoms with Gasteiger partial charge in [-0.2, -0.15) is 5.26 Å². The van der Waals surface area contributed by atoms with Gasteiger partial charge in [-0.15, -0.1) is 0 Å². The van der Waals surface area contributed by atoms with Crippen molar-refractivity contribution < 1.29 is 5.11 Å². The molecule has 0 unspecified atom stereocenters. The molecule has 1 aliphatic carbocycles. The molecule has 0 aromatic heterocycles. The molecule has 1 aliphatic rings. The van der Waals surface area contributed by atoms with E-state index in [0.29, 0.717) is 11.6 Å². The molecule has 0 spiro atoms. The summed E-state index contributed by atoms with van der Waals surface area (Å²) in [6.07, 6.45) is 4.48. The van der Waals surface area contributed by atoms with Gasteiger partial charge in [-0.1, -0.05) is 22.0 Å². The van der Waals surface area contributed by atoms with Crippen LogP contribution < -0.4 is 0 Å². The van der Waals surface area contributed by atoms with Crippen LogP contribution in [0.1, 0.15) is 36.8 Å². The fraction of sp³-hybridized carbons (Fsp3) is 0.533. The Morgan fingerprint density at radius 2 is 2.16 bits per heavy atom. The minimum atomic E-state index is 0.277. The quantitative estimate of drug-likeness (QED) is 0.785. The predicted octanol–water partition coefficient (Wildman–Crippen LogP) is 3.06. The van der Waals surface area contributed by atoms with Crippen molar-refractivity contribution in [2.45, 2.75) is 38.3 Å². The van der Waals surface area contributed by atoms with Crippen LogP contribution in [0.25, 0.3) is 0 Å². The molecule has 1 aromatic carbocycles. The summed E-state index contributed by atoms with van der Waals surface area (Å²) in [5.41, 5.74) is 1.92. The Labute approximate surface area is 123 Å². The molecule has 2 rings (SSSR count).